The zero-order valence-electron chi connectivity index (χ0n) is 13.6. The molecule has 2 fully saturated rings. The van der Waals surface area contributed by atoms with Crippen molar-refractivity contribution in [3.8, 4) is 0 Å². The van der Waals surface area contributed by atoms with Gasteiger partial charge < -0.3 is 15.2 Å². The van der Waals surface area contributed by atoms with E-state index in [0.29, 0.717) is 17.5 Å². The molecule has 4 rings (SSSR count). The molecule has 1 aliphatic heterocycles. The molecule has 0 aromatic carbocycles. The molecule has 1 amide bonds. The number of rotatable bonds is 5. The maximum Gasteiger partial charge on any atom is 0.273 e. The Morgan fingerprint density at radius 1 is 1.21 bits per heavy atom. The second-order valence-electron chi connectivity index (χ2n) is 6.71. The van der Waals surface area contributed by atoms with Crippen LogP contribution in [0.1, 0.15) is 59.5 Å². The van der Waals surface area contributed by atoms with Gasteiger partial charge in [-0.3, -0.25) is 9.78 Å². The van der Waals surface area contributed by atoms with Crippen LogP contribution in [-0.4, -0.2) is 29.1 Å². The summed E-state index contributed by atoms with van der Waals surface area (Å²) >= 11 is 0. The lowest BCUT2D eigenvalue weighted by Gasteiger charge is -2.31. The minimum Gasteiger partial charge on any atom is -0.360 e. The van der Waals surface area contributed by atoms with Crippen LogP contribution >= 0.6 is 0 Å². The van der Waals surface area contributed by atoms with Gasteiger partial charge in [0.05, 0.1) is 6.04 Å². The van der Waals surface area contributed by atoms with Crippen LogP contribution in [0.2, 0.25) is 0 Å². The second-order valence-corrected chi connectivity index (χ2v) is 6.71. The van der Waals surface area contributed by atoms with Crippen molar-refractivity contribution in [1.29, 1.82) is 0 Å². The van der Waals surface area contributed by atoms with Crippen LogP contribution in [0, 0.1) is 5.92 Å². The smallest absolute Gasteiger partial charge is 0.273 e. The number of nitrogens with one attached hydrogen (secondary N) is 2. The van der Waals surface area contributed by atoms with Crippen molar-refractivity contribution in [3.63, 3.8) is 0 Å². The van der Waals surface area contributed by atoms with E-state index in [1.165, 1.54) is 0 Å². The van der Waals surface area contributed by atoms with Crippen LogP contribution < -0.4 is 10.6 Å². The second kappa shape index (κ2) is 6.73. The Morgan fingerprint density at radius 3 is 2.67 bits per heavy atom. The molecule has 0 spiro atoms. The van der Waals surface area contributed by atoms with Crippen molar-refractivity contribution < 1.29 is 9.32 Å². The Morgan fingerprint density at radius 2 is 1.96 bits per heavy atom. The molecule has 2 N–H and O–H groups in total. The molecule has 6 heteroatoms. The van der Waals surface area contributed by atoms with Gasteiger partial charge in [0.1, 0.15) is 5.76 Å². The van der Waals surface area contributed by atoms with E-state index in [4.69, 9.17) is 4.52 Å². The van der Waals surface area contributed by atoms with Gasteiger partial charge in [0.15, 0.2) is 5.69 Å². The number of carbonyl (C=O) groups excluding carboxylic acids is 1. The van der Waals surface area contributed by atoms with E-state index in [0.717, 1.165) is 50.1 Å². The van der Waals surface area contributed by atoms with Crippen molar-refractivity contribution >= 4 is 5.91 Å². The predicted molar refractivity (Wildman–Crippen MR) is 88.5 cm³/mol. The first-order valence-corrected chi connectivity index (χ1v) is 8.69. The number of amides is 1. The summed E-state index contributed by atoms with van der Waals surface area (Å²) in [5.74, 6) is 1.54. The summed E-state index contributed by atoms with van der Waals surface area (Å²) in [6.45, 7) is 1.97. The SMILES string of the molecule is O=C(NC(c1ccncc1)C1CCNCC1)c1cc(C2CC2)on1. The molecule has 2 aromatic rings. The van der Waals surface area contributed by atoms with Crippen molar-refractivity contribution in [3.05, 3.63) is 47.6 Å². The van der Waals surface area contributed by atoms with E-state index in [1.54, 1.807) is 18.5 Å². The Hall–Kier alpha value is -2.21. The lowest BCUT2D eigenvalue weighted by Crippen LogP contribution is -2.39. The van der Waals surface area contributed by atoms with E-state index >= 15 is 0 Å². The van der Waals surface area contributed by atoms with Gasteiger partial charge >= 0.3 is 0 Å². The molecule has 0 radical (unpaired) electrons. The fourth-order valence-electron chi connectivity index (χ4n) is 3.39. The number of piperidine rings is 1. The lowest BCUT2D eigenvalue weighted by molar-refractivity contribution is 0.0905. The van der Waals surface area contributed by atoms with E-state index < -0.39 is 0 Å². The first kappa shape index (κ1) is 15.3. The molecular formula is C18H22N4O2. The lowest BCUT2D eigenvalue weighted by atomic mass is 9.86. The Bertz CT molecular complexity index is 690. The largest absolute Gasteiger partial charge is 0.360 e. The van der Waals surface area contributed by atoms with E-state index in [9.17, 15) is 4.79 Å². The maximum absolute atomic E-state index is 12.7. The minimum absolute atomic E-state index is 0.0244. The standard InChI is InChI=1S/C18H22N4O2/c23-18(15-11-16(24-22-15)12-1-2-12)21-17(13-3-7-19-8-4-13)14-5-9-20-10-6-14/h3-4,7-8,11-12,14,17,20H,1-2,5-6,9-10H2,(H,21,23). The Balaban J connectivity index is 1.52. The first-order chi connectivity index (χ1) is 11.8. The highest BCUT2D eigenvalue weighted by molar-refractivity contribution is 5.92. The highest BCUT2D eigenvalue weighted by atomic mass is 16.5. The average Bonchev–Trinajstić information content (AvgIpc) is 3.38. The van der Waals surface area contributed by atoms with E-state index in [1.807, 2.05) is 12.1 Å². The van der Waals surface area contributed by atoms with Crippen molar-refractivity contribution in [2.45, 2.75) is 37.6 Å². The number of nitrogens with zero attached hydrogens (tertiary/aromatic N) is 2. The third kappa shape index (κ3) is 3.33. The fourth-order valence-corrected chi connectivity index (χ4v) is 3.39. The zero-order chi connectivity index (χ0) is 16.4. The third-order valence-corrected chi connectivity index (χ3v) is 4.95. The van der Waals surface area contributed by atoms with Crippen molar-refractivity contribution in [2.24, 2.45) is 5.92 Å². The molecule has 0 bridgehead atoms. The number of hydrogen-bond acceptors (Lipinski definition) is 5. The number of carbonyl (C=O) groups is 1. The number of aromatic nitrogens is 2. The molecule has 2 aliphatic rings. The quantitative estimate of drug-likeness (QED) is 0.882. The molecule has 1 aliphatic carbocycles. The summed E-state index contributed by atoms with van der Waals surface area (Å²) < 4.78 is 5.31. The molecular weight excluding hydrogens is 304 g/mol. The molecule has 1 saturated heterocycles. The summed E-state index contributed by atoms with van der Waals surface area (Å²) in [6, 6.07) is 5.72. The van der Waals surface area contributed by atoms with Crippen LogP contribution in [0.4, 0.5) is 0 Å². The highest BCUT2D eigenvalue weighted by Crippen LogP contribution is 2.40. The van der Waals surface area contributed by atoms with Gasteiger partial charge in [0.2, 0.25) is 0 Å². The molecule has 1 saturated carbocycles. The van der Waals surface area contributed by atoms with Gasteiger partial charge in [-0.25, -0.2) is 0 Å². The van der Waals surface area contributed by atoms with Gasteiger partial charge in [0.25, 0.3) is 5.91 Å². The summed E-state index contributed by atoms with van der Waals surface area (Å²) in [5.41, 5.74) is 1.47. The molecule has 3 heterocycles. The van der Waals surface area contributed by atoms with Crippen LogP contribution in [0.5, 0.6) is 0 Å². The van der Waals surface area contributed by atoms with E-state index in [-0.39, 0.29) is 11.9 Å². The fraction of sp³-hybridized carbons (Fsp3) is 0.500. The molecule has 24 heavy (non-hydrogen) atoms. The van der Waals surface area contributed by atoms with Gasteiger partial charge in [-0.05, 0) is 62.4 Å². The van der Waals surface area contributed by atoms with Crippen molar-refractivity contribution in [1.82, 2.24) is 20.8 Å². The molecule has 1 unspecified atom stereocenters. The maximum atomic E-state index is 12.7. The first-order valence-electron chi connectivity index (χ1n) is 8.69. The molecule has 2 aromatic heterocycles. The monoisotopic (exact) mass is 326 g/mol. The van der Waals surface area contributed by atoms with Crippen LogP contribution in [0.3, 0.4) is 0 Å². The zero-order valence-corrected chi connectivity index (χ0v) is 13.6. The third-order valence-electron chi connectivity index (χ3n) is 4.95. The summed E-state index contributed by atoms with van der Waals surface area (Å²) in [5, 5.41) is 10.5. The predicted octanol–water partition coefficient (Wildman–Crippen LogP) is 2.42. The van der Waals surface area contributed by atoms with Gasteiger partial charge in [0, 0.05) is 24.4 Å². The average molecular weight is 326 g/mol. The van der Waals surface area contributed by atoms with E-state index in [2.05, 4.69) is 20.8 Å². The molecule has 6 nitrogen and oxygen atoms in total. The van der Waals surface area contributed by atoms with Gasteiger partial charge in [-0.15, -0.1) is 0 Å². The van der Waals surface area contributed by atoms with Gasteiger partial charge in [-0.2, -0.15) is 0 Å². The highest BCUT2D eigenvalue weighted by Gasteiger charge is 2.31. The summed E-state index contributed by atoms with van der Waals surface area (Å²) in [4.78, 5) is 16.8. The van der Waals surface area contributed by atoms with Crippen LogP contribution in [0.15, 0.2) is 35.1 Å². The van der Waals surface area contributed by atoms with Gasteiger partial charge in [-0.1, -0.05) is 5.16 Å². The normalized spacial score (nSPS) is 19.8. The topological polar surface area (TPSA) is 80.0 Å². The number of hydrogen-bond donors (Lipinski definition) is 2. The minimum atomic E-state index is -0.161. The van der Waals surface area contributed by atoms with Crippen molar-refractivity contribution in [2.75, 3.05) is 13.1 Å². The molecule has 1 atom stereocenters. The Labute approximate surface area is 141 Å². The molecule has 126 valence electrons. The summed E-state index contributed by atoms with van der Waals surface area (Å²) in [6.07, 6.45) is 7.89. The van der Waals surface area contributed by atoms with Crippen LogP contribution in [0.25, 0.3) is 0 Å². The van der Waals surface area contributed by atoms with Crippen LogP contribution in [-0.2, 0) is 0 Å². The number of pyridine rings is 1. The summed E-state index contributed by atoms with van der Waals surface area (Å²) in [7, 11) is 0. The Kier molecular flexibility index (Phi) is 4.30.